The summed E-state index contributed by atoms with van der Waals surface area (Å²) in [4.78, 5) is 12.1. The minimum atomic E-state index is -0.0191. The maximum atomic E-state index is 12.1. The van der Waals surface area contributed by atoms with Gasteiger partial charge in [-0.1, -0.05) is 40.7 Å². The van der Waals surface area contributed by atoms with Gasteiger partial charge >= 0.3 is 0 Å². The molecule has 1 aromatic rings. The molecule has 0 bridgehead atoms. The lowest BCUT2D eigenvalue weighted by Gasteiger charge is -2.38. The van der Waals surface area contributed by atoms with Crippen LogP contribution in [0, 0.1) is 10.8 Å². The summed E-state index contributed by atoms with van der Waals surface area (Å²) in [6.07, 6.45) is 0. The quantitative estimate of drug-likeness (QED) is 0.871. The first-order valence-corrected chi connectivity index (χ1v) is 6.73. The molecule has 0 aliphatic heterocycles. The van der Waals surface area contributed by atoms with E-state index in [0.717, 1.165) is 5.69 Å². The lowest BCUT2D eigenvalue weighted by atomic mass is 9.69. The van der Waals surface area contributed by atoms with E-state index in [1.54, 1.807) is 0 Å². The fourth-order valence-corrected chi connectivity index (χ4v) is 1.48. The highest BCUT2D eigenvalue weighted by Gasteiger charge is 2.32. The maximum Gasteiger partial charge on any atom is 0.251 e. The van der Waals surface area contributed by atoms with E-state index in [-0.39, 0.29) is 16.7 Å². The van der Waals surface area contributed by atoms with Crippen LogP contribution < -0.4 is 10.6 Å². The number of rotatable bonds is 4. The molecule has 0 heterocycles. The molecular formula is C16H26N2O. The van der Waals surface area contributed by atoms with Crippen LogP contribution in [0.1, 0.15) is 45.0 Å². The van der Waals surface area contributed by atoms with Crippen molar-refractivity contribution in [3.05, 3.63) is 29.8 Å². The van der Waals surface area contributed by atoms with Crippen molar-refractivity contribution in [1.29, 1.82) is 0 Å². The Morgan fingerprint density at radius 2 is 1.79 bits per heavy atom. The second-order valence-electron chi connectivity index (χ2n) is 6.65. The zero-order chi connectivity index (χ0) is 14.7. The van der Waals surface area contributed by atoms with Gasteiger partial charge in [0.05, 0.1) is 0 Å². The van der Waals surface area contributed by atoms with Crippen LogP contribution in [0.15, 0.2) is 24.3 Å². The summed E-state index contributed by atoms with van der Waals surface area (Å²) < 4.78 is 0. The SMILES string of the molecule is CNc1cccc(C(=O)NCC(C)(C)C(C)(C)C)c1. The molecule has 0 saturated heterocycles. The predicted molar refractivity (Wildman–Crippen MR) is 81.6 cm³/mol. The Kier molecular flexibility index (Phi) is 4.61. The van der Waals surface area contributed by atoms with Crippen molar-refractivity contribution in [3.8, 4) is 0 Å². The number of nitrogens with one attached hydrogen (secondary N) is 2. The molecule has 0 unspecified atom stereocenters. The van der Waals surface area contributed by atoms with Crippen LogP contribution in [0.5, 0.6) is 0 Å². The fourth-order valence-electron chi connectivity index (χ4n) is 1.48. The van der Waals surface area contributed by atoms with Crippen LogP contribution in [0.25, 0.3) is 0 Å². The lowest BCUT2D eigenvalue weighted by Crippen LogP contribution is -2.41. The van der Waals surface area contributed by atoms with E-state index in [4.69, 9.17) is 0 Å². The van der Waals surface area contributed by atoms with E-state index in [1.165, 1.54) is 0 Å². The summed E-state index contributed by atoms with van der Waals surface area (Å²) in [6.45, 7) is 11.6. The molecular weight excluding hydrogens is 236 g/mol. The lowest BCUT2D eigenvalue weighted by molar-refractivity contribution is 0.0867. The number of anilines is 1. The Morgan fingerprint density at radius 1 is 1.16 bits per heavy atom. The van der Waals surface area contributed by atoms with Gasteiger partial charge in [-0.05, 0) is 29.0 Å². The van der Waals surface area contributed by atoms with Gasteiger partial charge < -0.3 is 10.6 Å². The van der Waals surface area contributed by atoms with Crippen LogP contribution in [-0.2, 0) is 0 Å². The topological polar surface area (TPSA) is 41.1 Å². The zero-order valence-corrected chi connectivity index (χ0v) is 12.9. The Balaban J connectivity index is 2.70. The number of carbonyl (C=O) groups excluding carboxylic acids is 1. The van der Waals surface area contributed by atoms with E-state index in [9.17, 15) is 4.79 Å². The Labute approximate surface area is 116 Å². The maximum absolute atomic E-state index is 12.1. The average Bonchev–Trinajstić information content (AvgIpc) is 2.34. The third kappa shape index (κ3) is 3.98. The highest BCUT2D eigenvalue weighted by molar-refractivity contribution is 5.95. The summed E-state index contributed by atoms with van der Waals surface area (Å²) >= 11 is 0. The molecule has 1 amide bonds. The van der Waals surface area contributed by atoms with E-state index in [1.807, 2.05) is 31.3 Å². The van der Waals surface area contributed by atoms with Crippen LogP contribution in [-0.4, -0.2) is 19.5 Å². The van der Waals surface area contributed by atoms with Crippen molar-refractivity contribution in [2.24, 2.45) is 10.8 Å². The van der Waals surface area contributed by atoms with Gasteiger partial charge in [-0.15, -0.1) is 0 Å². The third-order valence-corrected chi connectivity index (χ3v) is 4.13. The van der Waals surface area contributed by atoms with E-state index < -0.39 is 0 Å². The summed E-state index contributed by atoms with van der Waals surface area (Å²) in [5.41, 5.74) is 1.83. The highest BCUT2D eigenvalue weighted by Crippen LogP contribution is 2.37. The largest absolute Gasteiger partial charge is 0.388 e. The normalized spacial score (nSPS) is 12.1. The predicted octanol–water partition coefficient (Wildman–Crippen LogP) is 3.53. The Hall–Kier alpha value is -1.51. The molecule has 106 valence electrons. The van der Waals surface area contributed by atoms with Crippen molar-refractivity contribution in [2.75, 3.05) is 18.9 Å². The summed E-state index contributed by atoms with van der Waals surface area (Å²) in [5, 5.41) is 6.07. The van der Waals surface area contributed by atoms with Gasteiger partial charge in [0.25, 0.3) is 5.91 Å². The molecule has 2 N–H and O–H groups in total. The second-order valence-corrected chi connectivity index (χ2v) is 6.65. The molecule has 0 spiro atoms. The number of amides is 1. The minimum Gasteiger partial charge on any atom is -0.388 e. The average molecular weight is 262 g/mol. The molecule has 3 nitrogen and oxygen atoms in total. The van der Waals surface area contributed by atoms with Crippen LogP contribution >= 0.6 is 0 Å². The highest BCUT2D eigenvalue weighted by atomic mass is 16.1. The van der Waals surface area contributed by atoms with Gasteiger partial charge in [0.1, 0.15) is 0 Å². The molecule has 19 heavy (non-hydrogen) atoms. The molecule has 0 aliphatic carbocycles. The van der Waals surface area contributed by atoms with Crippen molar-refractivity contribution >= 4 is 11.6 Å². The molecule has 0 aromatic heterocycles. The van der Waals surface area contributed by atoms with Crippen molar-refractivity contribution < 1.29 is 4.79 Å². The number of hydrogen-bond acceptors (Lipinski definition) is 2. The van der Waals surface area contributed by atoms with Gasteiger partial charge in [0.2, 0.25) is 0 Å². The van der Waals surface area contributed by atoms with Crippen LogP contribution in [0.3, 0.4) is 0 Å². The van der Waals surface area contributed by atoms with Gasteiger partial charge in [0.15, 0.2) is 0 Å². The van der Waals surface area contributed by atoms with Crippen LogP contribution in [0.2, 0.25) is 0 Å². The molecule has 3 heteroatoms. The molecule has 0 aliphatic rings. The Bertz CT molecular complexity index is 444. The summed E-state index contributed by atoms with van der Waals surface area (Å²) in [7, 11) is 1.85. The van der Waals surface area contributed by atoms with Gasteiger partial charge in [-0.2, -0.15) is 0 Å². The molecule has 0 saturated carbocycles. The molecule has 1 aromatic carbocycles. The Morgan fingerprint density at radius 3 is 2.32 bits per heavy atom. The van der Waals surface area contributed by atoms with E-state index in [0.29, 0.717) is 12.1 Å². The first-order chi connectivity index (χ1) is 8.67. The first kappa shape index (κ1) is 15.5. The van der Waals surface area contributed by atoms with Gasteiger partial charge in [0, 0.05) is 24.8 Å². The van der Waals surface area contributed by atoms with E-state index >= 15 is 0 Å². The first-order valence-electron chi connectivity index (χ1n) is 6.73. The smallest absolute Gasteiger partial charge is 0.251 e. The minimum absolute atomic E-state index is 0.0191. The molecule has 1 rings (SSSR count). The van der Waals surface area contributed by atoms with Crippen LogP contribution in [0.4, 0.5) is 5.69 Å². The van der Waals surface area contributed by atoms with E-state index in [2.05, 4.69) is 45.3 Å². The molecule has 0 radical (unpaired) electrons. The fraction of sp³-hybridized carbons (Fsp3) is 0.562. The van der Waals surface area contributed by atoms with Crippen molar-refractivity contribution in [1.82, 2.24) is 5.32 Å². The second kappa shape index (κ2) is 5.64. The standard InChI is InChI=1S/C16H26N2O/c1-15(2,3)16(4,5)11-18-14(19)12-8-7-9-13(10-12)17-6/h7-10,17H,11H2,1-6H3,(H,18,19). The van der Waals surface area contributed by atoms with Crippen molar-refractivity contribution in [3.63, 3.8) is 0 Å². The summed E-state index contributed by atoms with van der Waals surface area (Å²) in [5.74, 6) is -0.0191. The number of carbonyl (C=O) groups is 1. The monoisotopic (exact) mass is 262 g/mol. The molecule has 0 fully saturated rings. The van der Waals surface area contributed by atoms with Gasteiger partial charge in [-0.3, -0.25) is 4.79 Å². The number of benzene rings is 1. The zero-order valence-electron chi connectivity index (χ0n) is 12.9. The van der Waals surface area contributed by atoms with Crippen molar-refractivity contribution in [2.45, 2.75) is 34.6 Å². The third-order valence-electron chi connectivity index (χ3n) is 4.13. The van der Waals surface area contributed by atoms with Gasteiger partial charge in [-0.25, -0.2) is 0 Å². The molecule has 0 atom stereocenters. The summed E-state index contributed by atoms with van der Waals surface area (Å²) in [6, 6.07) is 7.52. The number of hydrogen-bond donors (Lipinski definition) is 2.